The number of carbonyl (C=O) groups is 2. The predicted octanol–water partition coefficient (Wildman–Crippen LogP) is 5.09. The van der Waals surface area contributed by atoms with Crippen molar-refractivity contribution in [2.75, 3.05) is 18.0 Å². The molecular weight excluding hydrogens is 404 g/mol. The minimum absolute atomic E-state index is 0.00636. The van der Waals surface area contributed by atoms with Crippen LogP contribution in [0.1, 0.15) is 31.9 Å². The van der Waals surface area contributed by atoms with Gasteiger partial charge >= 0.3 is 0 Å². The highest BCUT2D eigenvalue weighted by molar-refractivity contribution is 7.17. The summed E-state index contributed by atoms with van der Waals surface area (Å²) in [5.74, 6) is -0.284. The van der Waals surface area contributed by atoms with Gasteiger partial charge in [-0.1, -0.05) is 54.1 Å². The molecule has 4 nitrogen and oxygen atoms in total. The topological polar surface area (TPSA) is 49.7 Å². The van der Waals surface area contributed by atoms with Gasteiger partial charge in [0.05, 0.1) is 12.3 Å². The summed E-state index contributed by atoms with van der Waals surface area (Å²) in [7, 11) is 0. The summed E-state index contributed by atoms with van der Waals surface area (Å²) >= 11 is 7.72. The second kappa shape index (κ2) is 7.93. The largest absolute Gasteiger partial charge is 0.294 e. The molecule has 1 aromatic heterocycles. The van der Waals surface area contributed by atoms with Crippen molar-refractivity contribution < 1.29 is 9.59 Å². The Morgan fingerprint density at radius 3 is 2.62 bits per heavy atom. The van der Waals surface area contributed by atoms with Gasteiger partial charge in [0.15, 0.2) is 5.78 Å². The Labute approximate surface area is 178 Å². The number of hydrogen-bond acceptors (Lipinski definition) is 4. The van der Waals surface area contributed by atoms with Crippen LogP contribution in [0.15, 0.2) is 59.6 Å². The van der Waals surface area contributed by atoms with Crippen molar-refractivity contribution in [3.05, 3.63) is 86.8 Å². The number of fused-ring (bicyclic) bond motifs is 1. The van der Waals surface area contributed by atoms with E-state index >= 15 is 0 Å². The summed E-state index contributed by atoms with van der Waals surface area (Å²) in [6.45, 7) is 4.03. The third-order valence-corrected chi connectivity index (χ3v) is 6.48. The quantitative estimate of drug-likeness (QED) is 0.550. The third-order valence-electron chi connectivity index (χ3n) is 5.02. The van der Waals surface area contributed by atoms with Crippen molar-refractivity contribution in [2.45, 2.75) is 13.8 Å². The Morgan fingerprint density at radius 1 is 1.14 bits per heavy atom. The normalized spacial score (nSPS) is 13.7. The molecule has 0 saturated heterocycles. The number of carbonyl (C=O) groups excluding carboxylic acids is 2. The number of halogens is 1. The first-order chi connectivity index (χ1) is 14.0. The second-order valence-corrected chi connectivity index (χ2v) is 8.55. The molecule has 0 unspecified atom stereocenters. The number of ketones is 1. The van der Waals surface area contributed by atoms with Gasteiger partial charge in [-0.15, -0.1) is 11.3 Å². The predicted molar refractivity (Wildman–Crippen MR) is 119 cm³/mol. The molecule has 1 amide bonds. The Hall–Kier alpha value is -2.76. The highest BCUT2D eigenvalue weighted by Gasteiger charge is 2.31. The highest BCUT2D eigenvalue weighted by atomic mass is 35.5. The Kier molecular flexibility index (Phi) is 5.35. The Balaban J connectivity index is 1.79. The van der Waals surface area contributed by atoms with E-state index in [1.165, 1.54) is 11.3 Å². The first-order valence-corrected chi connectivity index (χ1v) is 10.4. The van der Waals surface area contributed by atoms with Gasteiger partial charge in [-0.05, 0) is 31.5 Å². The minimum atomic E-state index is -0.186. The van der Waals surface area contributed by atoms with E-state index in [4.69, 9.17) is 11.6 Å². The molecule has 4 rings (SSSR count). The van der Waals surface area contributed by atoms with Crippen molar-refractivity contribution in [2.24, 2.45) is 4.99 Å². The average molecular weight is 423 g/mol. The van der Waals surface area contributed by atoms with Crippen LogP contribution in [0.4, 0.5) is 5.00 Å². The summed E-state index contributed by atoms with van der Waals surface area (Å²) < 4.78 is 0. The maximum atomic E-state index is 13.0. The van der Waals surface area contributed by atoms with Crippen LogP contribution in [0.25, 0.3) is 0 Å². The van der Waals surface area contributed by atoms with Gasteiger partial charge in [-0.25, -0.2) is 0 Å². The fourth-order valence-electron chi connectivity index (χ4n) is 3.39. The van der Waals surface area contributed by atoms with Gasteiger partial charge in [-0.3, -0.25) is 19.5 Å². The van der Waals surface area contributed by atoms with Crippen molar-refractivity contribution in [1.29, 1.82) is 0 Å². The molecule has 1 aliphatic heterocycles. The molecule has 0 N–H and O–H groups in total. The van der Waals surface area contributed by atoms with Crippen molar-refractivity contribution in [1.82, 2.24) is 0 Å². The lowest BCUT2D eigenvalue weighted by molar-refractivity contribution is -0.117. The number of nitrogens with zero attached hydrogens (tertiary/aromatic N) is 2. The number of hydrogen-bond donors (Lipinski definition) is 0. The number of aryl methyl sites for hydroxylation is 1. The van der Waals surface area contributed by atoms with E-state index < -0.39 is 0 Å². The lowest BCUT2D eigenvalue weighted by atomic mass is 10.00. The summed E-state index contributed by atoms with van der Waals surface area (Å²) in [4.78, 5) is 33.1. The van der Waals surface area contributed by atoms with Gasteiger partial charge in [0.1, 0.15) is 11.5 Å². The highest BCUT2D eigenvalue weighted by Crippen LogP contribution is 2.39. The fourth-order valence-corrected chi connectivity index (χ4v) is 4.76. The van der Waals surface area contributed by atoms with Crippen LogP contribution in [0.2, 0.25) is 5.02 Å². The van der Waals surface area contributed by atoms with Crippen LogP contribution in [-0.2, 0) is 4.79 Å². The van der Waals surface area contributed by atoms with E-state index in [-0.39, 0.29) is 24.8 Å². The van der Waals surface area contributed by atoms with E-state index in [0.29, 0.717) is 10.6 Å². The Morgan fingerprint density at radius 2 is 1.90 bits per heavy atom. The molecule has 3 aromatic rings. The molecule has 2 aromatic carbocycles. The van der Waals surface area contributed by atoms with E-state index in [1.54, 1.807) is 17.0 Å². The molecule has 146 valence electrons. The van der Waals surface area contributed by atoms with Crippen LogP contribution in [-0.4, -0.2) is 30.5 Å². The molecular formula is C23H19ClN2O2S. The zero-order valence-corrected chi connectivity index (χ0v) is 17.7. The molecule has 0 fully saturated rings. The van der Waals surface area contributed by atoms with Gasteiger partial charge in [0.2, 0.25) is 5.91 Å². The summed E-state index contributed by atoms with van der Waals surface area (Å²) in [5.41, 5.74) is 4.17. The standard InChI is InChI=1S/C23H19ClN2O2S/c1-14-15(2)29-23-21(14)22(17-9-6-10-18(24)11-17)25-12-20(28)26(23)13-19(27)16-7-4-3-5-8-16/h3-11H,12-13H2,1-2H3. The molecule has 0 saturated carbocycles. The smallest absolute Gasteiger partial charge is 0.249 e. The number of benzene rings is 2. The van der Waals surface area contributed by atoms with Crippen molar-refractivity contribution in [3.8, 4) is 0 Å². The van der Waals surface area contributed by atoms with Gasteiger partial charge in [0, 0.05) is 26.6 Å². The fraction of sp³-hybridized carbons (Fsp3) is 0.174. The summed E-state index contributed by atoms with van der Waals surface area (Å²) in [5, 5.41) is 1.38. The second-order valence-electron chi connectivity index (χ2n) is 6.91. The first-order valence-electron chi connectivity index (χ1n) is 9.25. The maximum Gasteiger partial charge on any atom is 0.249 e. The SMILES string of the molecule is Cc1sc2c(c1C)C(c1cccc(Cl)c1)=NCC(=O)N2CC(=O)c1ccccc1. The molecule has 6 heteroatoms. The van der Waals surface area contributed by atoms with Crippen LogP contribution in [0.5, 0.6) is 0 Å². The molecule has 0 aliphatic carbocycles. The lowest BCUT2D eigenvalue weighted by Gasteiger charge is -2.20. The Bertz CT molecular complexity index is 1140. The van der Waals surface area contributed by atoms with Gasteiger partial charge in [0.25, 0.3) is 0 Å². The van der Waals surface area contributed by atoms with Crippen molar-refractivity contribution >= 4 is 45.3 Å². The number of anilines is 1. The summed E-state index contributed by atoms with van der Waals surface area (Å²) in [6.07, 6.45) is 0. The van der Waals surface area contributed by atoms with Crippen LogP contribution >= 0.6 is 22.9 Å². The maximum absolute atomic E-state index is 13.0. The number of thiophene rings is 1. The van der Waals surface area contributed by atoms with E-state index in [2.05, 4.69) is 4.99 Å². The van der Waals surface area contributed by atoms with Gasteiger partial charge < -0.3 is 0 Å². The molecule has 29 heavy (non-hydrogen) atoms. The molecule has 0 atom stereocenters. The number of amides is 1. The third kappa shape index (κ3) is 3.76. The van der Waals surface area contributed by atoms with Gasteiger partial charge in [-0.2, -0.15) is 0 Å². The molecule has 0 bridgehead atoms. The van der Waals surface area contributed by atoms with Crippen LogP contribution in [0.3, 0.4) is 0 Å². The molecule has 0 spiro atoms. The lowest BCUT2D eigenvalue weighted by Crippen LogP contribution is -2.36. The first kappa shape index (κ1) is 19.6. The zero-order chi connectivity index (χ0) is 20.5. The van der Waals surface area contributed by atoms with E-state index in [0.717, 1.165) is 32.3 Å². The summed E-state index contributed by atoms with van der Waals surface area (Å²) in [6, 6.07) is 16.5. The number of aliphatic imine (C=N–C) groups is 1. The monoisotopic (exact) mass is 422 g/mol. The molecule has 1 aliphatic rings. The molecule has 0 radical (unpaired) electrons. The zero-order valence-electron chi connectivity index (χ0n) is 16.1. The van der Waals surface area contributed by atoms with E-state index in [1.807, 2.05) is 56.3 Å². The van der Waals surface area contributed by atoms with Crippen LogP contribution in [0, 0.1) is 13.8 Å². The minimum Gasteiger partial charge on any atom is -0.294 e. The average Bonchev–Trinajstić information content (AvgIpc) is 2.93. The van der Waals surface area contributed by atoms with Crippen molar-refractivity contribution in [3.63, 3.8) is 0 Å². The van der Waals surface area contributed by atoms with Crippen LogP contribution < -0.4 is 4.90 Å². The van der Waals surface area contributed by atoms with E-state index in [9.17, 15) is 9.59 Å². The molecule has 2 heterocycles. The number of Topliss-reactive ketones (excluding diaryl/α,β-unsaturated/α-hetero) is 1. The number of rotatable bonds is 4.